The molecule has 6 heteroatoms. The lowest BCUT2D eigenvalue weighted by atomic mass is 10.0. The van der Waals surface area contributed by atoms with Crippen LogP contribution >= 0.6 is 23.2 Å². The summed E-state index contributed by atoms with van der Waals surface area (Å²) in [6.07, 6.45) is 4.25. The van der Waals surface area contributed by atoms with Gasteiger partial charge in [-0.1, -0.05) is 36.2 Å². The third-order valence-corrected chi connectivity index (χ3v) is 5.04. The summed E-state index contributed by atoms with van der Waals surface area (Å²) in [4.78, 5) is 14.6. The van der Waals surface area contributed by atoms with Gasteiger partial charge >= 0.3 is 0 Å². The van der Waals surface area contributed by atoms with Crippen LogP contribution in [0.1, 0.15) is 39.0 Å². The number of carbonyl (C=O) groups excluding carboxylic acids is 1. The van der Waals surface area contributed by atoms with E-state index in [9.17, 15) is 4.79 Å². The van der Waals surface area contributed by atoms with Crippen LogP contribution in [0.3, 0.4) is 0 Å². The largest absolute Gasteiger partial charge is 0.492 e. The van der Waals surface area contributed by atoms with E-state index in [1.165, 1.54) is 0 Å². The number of nitrogens with one attached hydrogen (secondary N) is 1. The fourth-order valence-electron chi connectivity index (χ4n) is 3.01. The van der Waals surface area contributed by atoms with Crippen LogP contribution in [0.2, 0.25) is 10.0 Å². The number of hydrogen-bond acceptors (Lipinski definition) is 3. The Morgan fingerprint density at radius 1 is 1.33 bits per heavy atom. The van der Waals surface area contributed by atoms with Gasteiger partial charge in [-0.25, -0.2) is 0 Å². The Bertz CT molecular complexity index is 534. The van der Waals surface area contributed by atoms with Crippen molar-refractivity contribution in [3.8, 4) is 5.75 Å². The molecule has 0 spiro atoms. The van der Waals surface area contributed by atoms with Crippen LogP contribution in [-0.4, -0.2) is 43.1 Å². The number of carbonyl (C=O) groups is 1. The van der Waals surface area contributed by atoms with Gasteiger partial charge in [0.15, 0.2) is 0 Å². The zero-order valence-electron chi connectivity index (χ0n) is 14.2. The molecule has 0 aromatic heterocycles. The molecule has 1 aliphatic heterocycles. The lowest BCUT2D eigenvalue weighted by Gasteiger charge is -2.34. The minimum atomic E-state index is 0.226. The topological polar surface area (TPSA) is 41.6 Å². The molecule has 0 atom stereocenters. The average Bonchev–Trinajstić information content (AvgIpc) is 2.60. The Balaban J connectivity index is 1.79. The van der Waals surface area contributed by atoms with Crippen LogP contribution in [0, 0.1) is 0 Å². The van der Waals surface area contributed by atoms with Crippen molar-refractivity contribution in [1.82, 2.24) is 10.2 Å². The Labute approximate surface area is 154 Å². The highest BCUT2D eigenvalue weighted by Crippen LogP contribution is 2.31. The Morgan fingerprint density at radius 3 is 2.79 bits per heavy atom. The third kappa shape index (κ3) is 5.54. The highest BCUT2D eigenvalue weighted by Gasteiger charge is 2.24. The highest BCUT2D eigenvalue weighted by atomic mass is 35.5. The van der Waals surface area contributed by atoms with Gasteiger partial charge in [0.25, 0.3) is 0 Å². The molecule has 1 aliphatic rings. The molecule has 1 heterocycles. The maximum absolute atomic E-state index is 12.6. The number of benzene rings is 1. The van der Waals surface area contributed by atoms with E-state index >= 15 is 0 Å². The molecule has 1 N–H and O–H groups in total. The predicted molar refractivity (Wildman–Crippen MR) is 99.1 cm³/mol. The van der Waals surface area contributed by atoms with Crippen LogP contribution < -0.4 is 10.1 Å². The second-order valence-corrected chi connectivity index (χ2v) is 6.86. The van der Waals surface area contributed by atoms with E-state index in [0.717, 1.165) is 38.9 Å². The molecule has 0 saturated carbocycles. The van der Waals surface area contributed by atoms with Crippen molar-refractivity contribution in [2.75, 3.05) is 26.2 Å². The van der Waals surface area contributed by atoms with E-state index in [1.54, 1.807) is 18.2 Å². The highest BCUT2D eigenvalue weighted by molar-refractivity contribution is 6.42. The summed E-state index contributed by atoms with van der Waals surface area (Å²) in [5.74, 6) is 0.796. The minimum Gasteiger partial charge on any atom is -0.492 e. The number of ether oxygens (including phenoxy) is 1. The van der Waals surface area contributed by atoms with E-state index in [-0.39, 0.29) is 5.91 Å². The van der Waals surface area contributed by atoms with Crippen molar-refractivity contribution in [2.45, 2.75) is 45.1 Å². The van der Waals surface area contributed by atoms with Crippen molar-refractivity contribution in [3.63, 3.8) is 0 Å². The SMILES string of the molecule is CCCN(C(=O)CCCOc1cccc(Cl)c1Cl)C1CCNCC1. The average molecular weight is 373 g/mol. The monoisotopic (exact) mass is 372 g/mol. The summed E-state index contributed by atoms with van der Waals surface area (Å²) >= 11 is 12.1. The minimum absolute atomic E-state index is 0.226. The maximum Gasteiger partial charge on any atom is 0.222 e. The normalized spacial score (nSPS) is 15.3. The molecule has 0 aliphatic carbocycles. The van der Waals surface area contributed by atoms with Crippen molar-refractivity contribution >= 4 is 29.1 Å². The third-order valence-electron chi connectivity index (χ3n) is 4.24. The number of piperidine rings is 1. The molecular weight excluding hydrogens is 347 g/mol. The fourth-order valence-corrected chi connectivity index (χ4v) is 3.36. The van der Waals surface area contributed by atoms with Gasteiger partial charge < -0.3 is 15.0 Å². The zero-order valence-corrected chi connectivity index (χ0v) is 15.7. The van der Waals surface area contributed by atoms with Crippen LogP contribution in [0.4, 0.5) is 0 Å². The molecular formula is C18H26Cl2N2O2. The summed E-state index contributed by atoms with van der Waals surface area (Å²) in [5, 5.41) is 4.25. The first-order valence-electron chi connectivity index (χ1n) is 8.70. The van der Waals surface area contributed by atoms with Crippen LogP contribution in [0.5, 0.6) is 5.75 Å². The smallest absolute Gasteiger partial charge is 0.222 e. The predicted octanol–water partition coefficient (Wildman–Crippen LogP) is 4.14. The second kappa shape index (κ2) is 10.1. The van der Waals surface area contributed by atoms with Crippen molar-refractivity contribution in [1.29, 1.82) is 0 Å². The number of rotatable bonds is 8. The lowest BCUT2D eigenvalue weighted by Crippen LogP contribution is -2.46. The van der Waals surface area contributed by atoms with Crippen LogP contribution in [0.15, 0.2) is 18.2 Å². The lowest BCUT2D eigenvalue weighted by molar-refractivity contribution is -0.134. The van der Waals surface area contributed by atoms with Crippen LogP contribution in [0.25, 0.3) is 0 Å². The van der Waals surface area contributed by atoms with Gasteiger partial charge in [-0.05, 0) is 50.9 Å². The van der Waals surface area contributed by atoms with Gasteiger partial charge in [-0.2, -0.15) is 0 Å². The van der Waals surface area contributed by atoms with E-state index in [2.05, 4.69) is 17.1 Å². The Hall–Kier alpha value is -0.970. The van der Waals surface area contributed by atoms with Crippen molar-refractivity contribution in [2.24, 2.45) is 0 Å². The van der Waals surface area contributed by atoms with Gasteiger partial charge in [-0.3, -0.25) is 4.79 Å². The molecule has 0 radical (unpaired) electrons. The molecule has 0 bridgehead atoms. The quantitative estimate of drug-likeness (QED) is 0.697. The Morgan fingerprint density at radius 2 is 2.08 bits per heavy atom. The molecule has 4 nitrogen and oxygen atoms in total. The fraction of sp³-hybridized carbons (Fsp3) is 0.611. The number of halogens is 2. The van der Waals surface area contributed by atoms with Gasteiger partial charge in [0, 0.05) is 19.0 Å². The number of hydrogen-bond donors (Lipinski definition) is 1. The molecule has 0 unspecified atom stereocenters. The number of nitrogens with zero attached hydrogens (tertiary/aromatic N) is 1. The first-order chi connectivity index (χ1) is 11.6. The summed E-state index contributed by atoms with van der Waals surface area (Å²) in [6.45, 7) is 5.40. The maximum atomic E-state index is 12.6. The molecule has 1 saturated heterocycles. The van der Waals surface area contributed by atoms with Gasteiger partial charge in [0.2, 0.25) is 5.91 Å². The molecule has 134 valence electrons. The van der Waals surface area contributed by atoms with E-state index < -0.39 is 0 Å². The first-order valence-corrected chi connectivity index (χ1v) is 9.46. The van der Waals surface area contributed by atoms with Crippen molar-refractivity contribution in [3.05, 3.63) is 28.2 Å². The summed E-state index contributed by atoms with van der Waals surface area (Å²) in [6, 6.07) is 5.69. The summed E-state index contributed by atoms with van der Waals surface area (Å²) in [5.41, 5.74) is 0. The summed E-state index contributed by atoms with van der Waals surface area (Å²) in [7, 11) is 0. The molecule has 1 aromatic carbocycles. The first kappa shape index (κ1) is 19.4. The van der Waals surface area contributed by atoms with Gasteiger partial charge in [0.05, 0.1) is 11.6 Å². The van der Waals surface area contributed by atoms with Gasteiger partial charge in [-0.15, -0.1) is 0 Å². The van der Waals surface area contributed by atoms with Crippen LogP contribution in [-0.2, 0) is 4.79 Å². The zero-order chi connectivity index (χ0) is 17.4. The van der Waals surface area contributed by atoms with E-state index in [1.807, 2.05) is 0 Å². The second-order valence-electron chi connectivity index (χ2n) is 6.07. The number of amides is 1. The standard InChI is InChI=1S/C18H26Cl2N2O2/c1-2-12-22(14-8-10-21-11-9-14)17(23)7-4-13-24-16-6-3-5-15(19)18(16)20/h3,5-6,14,21H,2,4,7-13H2,1H3. The van der Waals surface area contributed by atoms with Gasteiger partial charge in [0.1, 0.15) is 10.8 Å². The molecule has 1 fully saturated rings. The van der Waals surface area contributed by atoms with E-state index in [0.29, 0.717) is 41.3 Å². The summed E-state index contributed by atoms with van der Waals surface area (Å²) < 4.78 is 5.66. The molecule has 1 amide bonds. The molecule has 24 heavy (non-hydrogen) atoms. The van der Waals surface area contributed by atoms with Crippen molar-refractivity contribution < 1.29 is 9.53 Å². The van der Waals surface area contributed by atoms with E-state index in [4.69, 9.17) is 27.9 Å². The Kier molecular flexibility index (Phi) is 8.16. The molecule has 1 aromatic rings. The molecule has 2 rings (SSSR count).